The van der Waals surface area contributed by atoms with E-state index in [4.69, 9.17) is 0 Å². The van der Waals surface area contributed by atoms with Crippen LogP contribution in [0.25, 0.3) is 39.1 Å². The number of rotatable bonds is 2. The minimum atomic E-state index is 0.888. The molecule has 0 saturated carbocycles. The number of fused-ring (bicyclic) bond motifs is 3. The topological polar surface area (TPSA) is 54.5 Å². The molecule has 0 spiro atoms. The summed E-state index contributed by atoms with van der Waals surface area (Å²) in [4.78, 5) is 7.86. The Balaban J connectivity index is 2.08. The van der Waals surface area contributed by atoms with Crippen LogP contribution in [0.3, 0.4) is 0 Å². The van der Waals surface area contributed by atoms with Gasteiger partial charge in [0.1, 0.15) is 0 Å². The molecule has 100 valence electrons. The molecule has 0 radical (unpaired) electrons. The molecule has 0 aliphatic carbocycles. The predicted molar refractivity (Wildman–Crippen MR) is 84.7 cm³/mol. The van der Waals surface area contributed by atoms with Gasteiger partial charge in [-0.05, 0) is 35.7 Å². The van der Waals surface area contributed by atoms with Gasteiger partial charge in [0, 0.05) is 22.8 Å². The molecule has 0 atom stereocenters. The molecular weight excluding hydrogens is 260 g/mol. The lowest BCUT2D eigenvalue weighted by atomic mass is 10.0. The van der Waals surface area contributed by atoms with E-state index < -0.39 is 0 Å². The van der Waals surface area contributed by atoms with Crippen LogP contribution in [0, 0.1) is 0 Å². The van der Waals surface area contributed by atoms with Gasteiger partial charge in [-0.1, -0.05) is 18.7 Å². The summed E-state index contributed by atoms with van der Waals surface area (Å²) >= 11 is 0. The van der Waals surface area contributed by atoms with E-state index in [1.165, 1.54) is 0 Å². The lowest BCUT2D eigenvalue weighted by molar-refractivity contribution is 1.12. The summed E-state index contributed by atoms with van der Waals surface area (Å²) in [5.74, 6) is 0. The first-order valence-electron chi connectivity index (χ1n) is 6.68. The third-order valence-corrected chi connectivity index (χ3v) is 3.60. The van der Waals surface area contributed by atoms with E-state index in [-0.39, 0.29) is 0 Å². The smallest absolute Gasteiger partial charge is 0.0966 e. The van der Waals surface area contributed by atoms with E-state index in [0.717, 1.165) is 38.8 Å². The zero-order chi connectivity index (χ0) is 14.2. The van der Waals surface area contributed by atoms with Crippen molar-refractivity contribution >= 4 is 27.9 Å². The minimum Gasteiger partial charge on any atom is -0.354 e. The van der Waals surface area contributed by atoms with E-state index >= 15 is 0 Å². The number of H-pyrrole nitrogens is 1. The summed E-state index contributed by atoms with van der Waals surface area (Å²) in [6, 6.07) is 12.0. The van der Waals surface area contributed by atoms with Gasteiger partial charge in [0.25, 0.3) is 0 Å². The zero-order valence-electron chi connectivity index (χ0n) is 11.2. The van der Waals surface area contributed by atoms with Gasteiger partial charge in [-0.3, -0.25) is 4.98 Å². The fraction of sp³-hybridized carbons (Fsp3) is 0. The van der Waals surface area contributed by atoms with Crippen molar-refractivity contribution in [1.29, 1.82) is 0 Å². The van der Waals surface area contributed by atoms with Gasteiger partial charge in [0.05, 0.1) is 22.9 Å². The molecule has 0 fully saturated rings. The normalized spacial score (nSPS) is 11.0. The first kappa shape index (κ1) is 11.8. The molecule has 4 aromatic rings. The number of pyridine rings is 2. The van der Waals surface area contributed by atoms with E-state index in [9.17, 15) is 0 Å². The Morgan fingerprint density at radius 1 is 1.14 bits per heavy atom. The highest BCUT2D eigenvalue weighted by Crippen LogP contribution is 2.29. The molecule has 0 amide bonds. The number of hydrogen-bond donors (Lipinski definition) is 1. The lowest BCUT2D eigenvalue weighted by Gasteiger charge is -2.09. The van der Waals surface area contributed by atoms with Gasteiger partial charge in [-0.15, -0.1) is 0 Å². The fourth-order valence-electron chi connectivity index (χ4n) is 2.58. The van der Waals surface area contributed by atoms with E-state index in [1.807, 2.05) is 36.4 Å². The van der Waals surface area contributed by atoms with Crippen molar-refractivity contribution in [2.24, 2.45) is 0 Å². The van der Waals surface area contributed by atoms with Crippen molar-refractivity contribution < 1.29 is 0 Å². The first-order valence-corrected chi connectivity index (χ1v) is 6.68. The van der Waals surface area contributed by atoms with Crippen molar-refractivity contribution in [2.75, 3.05) is 0 Å². The molecule has 0 unspecified atom stereocenters. The van der Waals surface area contributed by atoms with Crippen molar-refractivity contribution in [1.82, 2.24) is 20.2 Å². The molecule has 0 aliphatic heterocycles. The Hall–Kier alpha value is -3.01. The minimum absolute atomic E-state index is 0.888. The van der Waals surface area contributed by atoms with Crippen LogP contribution < -0.4 is 0 Å². The summed E-state index contributed by atoms with van der Waals surface area (Å²) in [6.45, 7) is 3.90. The first-order chi connectivity index (χ1) is 10.4. The summed E-state index contributed by atoms with van der Waals surface area (Å²) in [6.07, 6.45) is 5.38. The highest BCUT2D eigenvalue weighted by atomic mass is 15.1. The van der Waals surface area contributed by atoms with Gasteiger partial charge < -0.3 is 4.98 Å². The molecule has 1 N–H and O–H groups in total. The second-order valence-corrected chi connectivity index (χ2v) is 4.82. The van der Waals surface area contributed by atoms with E-state index in [1.54, 1.807) is 12.4 Å². The monoisotopic (exact) mass is 272 g/mol. The molecule has 4 rings (SSSR count). The van der Waals surface area contributed by atoms with Crippen LogP contribution in [0.4, 0.5) is 0 Å². The van der Waals surface area contributed by atoms with Crippen LogP contribution in [0.1, 0.15) is 5.69 Å². The summed E-state index contributed by atoms with van der Waals surface area (Å²) in [5, 5.41) is 10.2. The molecule has 4 heteroatoms. The molecule has 1 aromatic carbocycles. The third kappa shape index (κ3) is 1.80. The van der Waals surface area contributed by atoms with Gasteiger partial charge >= 0.3 is 0 Å². The number of nitrogens with one attached hydrogen (secondary N) is 1. The van der Waals surface area contributed by atoms with E-state index in [2.05, 4.69) is 32.8 Å². The van der Waals surface area contributed by atoms with Crippen LogP contribution in [-0.4, -0.2) is 20.2 Å². The molecular formula is C17H12N4. The Morgan fingerprint density at radius 3 is 2.90 bits per heavy atom. The maximum absolute atomic E-state index is 4.42. The molecule has 3 aromatic heterocycles. The van der Waals surface area contributed by atoms with Gasteiger partial charge in [-0.25, -0.2) is 0 Å². The van der Waals surface area contributed by atoms with Crippen molar-refractivity contribution in [3.8, 4) is 11.3 Å². The standard InChI is InChI=1S/C17H12N4/c1-2-14-12(15-5-3-4-8-18-15)9-11-6-7-16-13(10-19-21-16)17(11)20-14/h2-10,20H,1H2. The predicted octanol–water partition coefficient (Wildman–Crippen LogP) is 3.82. The fourth-order valence-corrected chi connectivity index (χ4v) is 2.58. The summed E-state index contributed by atoms with van der Waals surface area (Å²) in [7, 11) is 0. The van der Waals surface area contributed by atoms with E-state index in [0.29, 0.717) is 0 Å². The summed E-state index contributed by atoms with van der Waals surface area (Å²) in [5.41, 5.74) is 4.80. The summed E-state index contributed by atoms with van der Waals surface area (Å²) < 4.78 is 0. The number of benzene rings is 1. The molecule has 0 aliphatic rings. The average molecular weight is 272 g/mol. The van der Waals surface area contributed by atoms with Gasteiger partial charge in [-0.2, -0.15) is 10.2 Å². The third-order valence-electron chi connectivity index (χ3n) is 3.60. The highest BCUT2D eigenvalue weighted by Gasteiger charge is 2.09. The SMILES string of the molecule is C=Cc1[nH]c2c(ccc3nncc32)cc1-c1ccccn1. The number of hydrogen-bond acceptors (Lipinski definition) is 3. The molecule has 3 heterocycles. The molecule has 0 saturated heterocycles. The number of nitrogens with zero attached hydrogens (tertiary/aromatic N) is 3. The van der Waals surface area contributed by atoms with Gasteiger partial charge in [0.15, 0.2) is 0 Å². The second kappa shape index (κ2) is 4.52. The average Bonchev–Trinajstić information content (AvgIpc) is 3.03. The Morgan fingerprint density at radius 2 is 2.10 bits per heavy atom. The van der Waals surface area contributed by atoms with Crippen LogP contribution in [0.15, 0.2) is 55.4 Å². The highest BCUT2D eigenvalue weighted by molar-refractivity contribution is 6.05. The number of aromatic nitrogens is 4. The maximum Gasteiger partial charge on any atom is 0.0966 e. The molecule has 21 heavy (non-hydrogen) atoms. The van der Waals surface area contributed by atoms with Crippen LogP contribution in [-0.2, 0) is 0 Å². The zero-order valence-corrected chi connectivity index (χ0v) is 11.2. The Kier molecular flexibility index (Phi) is 2.54. The Labute approximate surface area is 121 Å². The molecule has 0 bridgehead atoms. The van der Waals surface area contributed by atoms with Crippen LogP contribution >= 0.6 is 0 Å². The van der Waals surface area contributed by atoms with Gasteiger partial charge in [0.2, 0.25) is 0 Å². The largest absolute Gasteiger partial charge is 0.354 e. The van der Waals surface area contributed by atoms with Crippen molar-refractivity contribution in [3.05, 3.63) is 61.1 Å². The lowest BCUT2D eigenvalue weighted by Crippen LogP contribution is -1.92. The van der Waals surface area contributed by atoms with Crippen LogP contribution in [0.5, 0.6) is 0 Å². The Bertz CT molecular complexity index is 955. The maximum atomic E-state index is 4.42. The number of aromatic amines is 1. The quantitative estimate of drug-likeness (QED) is 0.603. The molecule has 4 nitrogen and oxygen atoms in total. The second-order valence-electron chi connectivity index (χ2n) is 4.82. The van der Waals surface area contributed by atoms with Crippen molar-refractivity contribution in [2.45, 2.75) is 0 Å². The van der Waals surface area contributed by atoms with Crippen LogP contribution in [0.2, 0.25) is 0 Å². The van der Waals surface area contributed by atoms with Crippen molar-refractivity contribution in [3.63, 3.8) is 0 Å².